The van der Waals surface area contributed by atoms with Crippen molar-refractivity contribution in [1.29, 1.82) is 0 Å². The standard InChI is InChI=1S/C10H19NO6.C10H20O6.2C9H17NO6S.C7H14O4S/c1-2-3-6(13)11-7-9(15)8(14)5(4-12)17-10(7)16;1-2-3-4-15-10-9(14)8(13)7(12)6(5-11)16-10;2*11-3-4-7(13)8(14)6(9(15)16-4)10-5(12)1-2-17;1-3-5(8)7(10)6(9)4(2-12)11-3/h5,7-10,12,14-16H,2-4H2,1H3,(H,11,13);6-14H,2-5H2,1H3;2*4,6-9,11,13-15,17H,1-3H2,(H,10,12);3-10,12H,2H2,1H3/t5?,7?,8-,9-,10?;6?,7-,8-,9?,10-;4?,6?,7-,8+,9?;4?,6?,7-,8-,9?;3-,4?,5?,6+,7-/m10011/s1. The first kappa shape index (κ1) is 75.5. The molecular formula is C45H87N3O28S3. The van der Waals surface area contributed by atoms with E-state index in [0.717, 1.165) is 12.8 Å². The van der Waals surface area contributed by atoms with Crippen LogP contribution in [-0.2, 0) is 42.8 Å². The zero-order valence-electron chi connectivity index (χ0n) is 43.8. The number of aliphatic hydroxyl groups is 19. The maximum Gasteiger partial charge on any atom is 0.221 e. The predicted octanol–water partition coefficient (Wildman–Crippen LogP) is -10.5. The fourth-order valence-corrected chi connectivity index (χ4v) is 8.51. The average Bonchev–Trinajstić information content (AvgIpc) is 3.42. The number of aliphatic hydroxyl groups excluding tert-OH is 19. The molecule has 31 nitrogen and oxygen atoms in total. The SMILES string of the molecule is CCCC(=O)NC1C(O)OC(CO)[C@@H](O)[C@@H]1O.CCCCO[C@H]1OC(CO)[C@H](O)[C@H](O)C1O.C[C@H]1OC(CS)[C@H](O)[C@H](O)C1O.O=C(CCS)NC1C(O)OC(CO)[C@@H](O)[C@@H]1O.O=C(CCS)NC1C(O)OC(CO)[C@H](O)[C@@H]1O. The number of hydrogen-bond acceptors (Lipinski definition) is 31. The summed E-state index contributed by atoms with van der Waals surface area (Å²) >= 11 is 11.7. The second-order valence-electron chi connectivity index (χ2n) is 18.6. The van der Waals surface area contributed by atoms with Crippen LogP contribution in [-0.4, -0.2) is 318 Å². The molecule has 0 aromatic rings. The number of thiol groups is 3. The van der Waals surface area contributed by atoms with Crippen molar-refractivity contribution in [3.05, 3.63) is 0 Å². The Hall–Kier alpha value is -1.54. The van der Waals surface area contributed by atoms with E-state index in [4.69, 9.17) is 48.8 Å². The molecule has 5 rings (SSSR count). The molecule has 5 aliphatic heterocycles. The van der Waals surface area contributed by atoms with Crippen molar-refractivity contribution < 1.29 is 140 Å². The van der Waals surface area contributed by atoms with Crippen LogP contribution in [0.1, 0.15) is 59.3 Å². The van der Waals surface area contributed by atoms with E-state index in [-0.39, 0.29) is 25.2 Å². The van der Waals surface area contributed by atoms with Gasteiger partial charge in [0, 0.05) is 31.6 Å². The van der Waals surface area contributed by atoms with E-state index in [1.165, 1.54) is 0 Å². The molecule has 3 amide bonds. The van der Waals surface area contributed by atoms with Gasteiger partial charge in [0.2, 0.25) is 17.7 Å². The van der Waals surface area contributed by atoms with E-state index in [1.54, 1.807) is 6.92 Å². The van der Waals surface area contributed by atoms with E-state index in [1.807, 2.05) is 13.8 Å². The van der Waals surface area contributed by atoms with Crippen molar-refractivity contribution in [2.75, 3.05) is 50.3 Å². The Labute approximate surface area is 472 Å². The molecule has 0 spiro atoms. The lowest BCUT2D eigenvalue weighted by molar-refractivity contribution is -0.301. The number of ether oxygens (including phenoxy) is 6. The summed E-state index contributed by atoms with van der Waals surface area (Å²) in [5, 5.41) is 185. The van der Waals surface area contributed by atoms with Gasteiger partial charge in [0.05, 0.1) is 38.6 Å². The van der Waals surface area contributed by atoms with Crippen LogP contribution in [0.15, 0.2) is 0 Å². The number of rotatable bonds is 18. The van der Waals surface area contributed by atoms with Gasteiger partial charge in [-0.2, -0.15) is 37.9 Å². The maximum absolute atomic E-state index is 11.3. The van der Waals surface area contributed by atoms with E-state index >= 15 is 0 Å². The second kappa shape index (κ2) is 39.1. The molecule has 468 valence electrons. The molecule has 13 unspecified atom stereocenters. The first-order valence-corrected chi connectivity index (χ1v) is 27.4. The fraction of sp³-hybridized carbons (Fsp3) is 0.933. The molecule has 25 atom stereocenters. The summed E-state index contributed by atoms with van der Waals surface area (Å²) in [6.45, 7) is 3.84. The quantitative estimate of drug-likeness (QED) is 0.0448. The largest absolute Gasteiger partial charge is 0.394 e. The van der Waals surface area contributed by atoms with E-state index in [0.29, 0.717) is 30.3 Å². The van der Waals surface area contributed by atoms with Crippen LogP contribution in [0.3, 0.4) is 0 Å². The minimum atomic E-state index is -1.48. The van der Waals surface area contributed by atoms with Gasteiger partial charge in [-0.1, -0.05) is 20.3 Å². The highest BCUT2D eigenvalue weighted by Gasteiger charge is 2.48. The Bertz CT molecular complexity index is 1560. The van der Waals surface area contributed by atoms with Crippen molar-refractivity contribution in [2.45, 2.75) is 212 Å². The molecule has 34 heteroatoms. The van der Waals surface area contributed by atoms with Crippen molar-refractivity contribution in [3.63, 3.8) is 0 Å². The molecule has 5 saturated heterocycles. The number of hydrogen-bond donors (Lipinski definition) is 25. The summed E-state index contributed by atoms with van der Waals surface area (Å²) in [6.07, 6.45) is -23.0. The van der Waals surface area contributed by atoms with Crippen molar-refractivity contribution in [3.8, 4) is 0 Å². The highest BCUT2D eigenvalue weighted by atomic mass is 32.1. The van der Waals surface area contributed by atoms with Crippen LogP contribution in [0.4, 0.5) is 0 Å². The van der Waals surface area contributed by atoms with Crippen LogP contribution in [0.25, 0.3) is 0 Å². The molecule has 79 heavy (non-hydrogen) atoms. The molecule has 0 bridgehead atoms. The Morgan fingerprint density at radius 1 is 0.418 bits per heavy atom. The van der Waals surface area contributed by atoms with Gasteiger partial charge in [0.15, 0.2) is 25.2 Å². The smallest absolute Gasteiger partial charge is 0.221 e. The molecule has 0 aromatic heterocycles. The second-order valence-corrected chi connectivity index (χ2v) is 19.9. The zero-order valence-corrected chi connectivity index (χ0v) is 46.5. The fourth-order valence-electron chi connectivity index (χ4n) is 7.80. The summed E-state index contributed by atoms with van der Waals surface area (Å²) in [7, 11) is 0. The van der Waals surface area contributed by atoms with Crippen LogP contribution in [0.2, 0.25) is 0 Å². The molecule has 5 fully saturated rings. The molecule has 5 aliphatic rings. The van der Waals surface area contributed by atoms with Gasteiger partial charge < -0.3 is 141 Å². The van der Waals surface area contributed by atoms with Crippen LogP contribution in [0, 0.1) is 0 Å². The molecule has 0 aromatic carbocycles. The lowest BCUT2D eigenvalue weighted by Gasteiger charge is -2.40. The van der Waals surface area contributed by atoms with Gasteiger partial charge in [0.25, 0.3) is 0 Å². The minimum Gasteiger partial charge on any atom is -0.394 e. The normalized spacial score (nSPS) is 40.0. The average molecular weight is 1210 g/mol. The molecule has 22 N–H and O–H groups in total. The third-order valence-electron chi connectivity index (χ3n) is 12.6. The summed E-state index contributed by atoms with van der Waals surface area (Å²) in [5.41, 5.74) is 0. The van der Waals surface area contributed by atoms with Crippen LogP contribution >= 0.6 is 37.9 Å². The summed E-state index contributed by atoms with van der Waals surface area (Å²) < 4.78 is 30.2. The summed E-state index contributed by atoms with van der Waals surface area (Å²) in [6, 6.07) is -3.34. The molecule has 5 heterocycles. The number of carbonyl (C=O) groups is 3. The lowest BCUT2D eigenvalue weighted by atomic mass is 9.97. The topological polar surface area (TPSA) is 527 Å². The zero-order chi connectivity index (χ0) is 60.4. The van der Waals surface area contributed by atoms with Crippen molar-refractivity contribution in [1.82, 2.24) is 16.0 Å². The monoisotopic (exact) mass is 1210 g/mol. The van der Waals surface area contributed by atoms with Crippen LogP contribution < -0.4 is 16.0 Å². The highest BCUT2D eigenvalue weighted by Crippen LogP contribution is 2.25. The maximum atomic E-state index is 11.3. The first-order chi connectivity index (χ1) is 37.2. The van der Waals surface area contributed by atoms with Gasteiger partial charge in [-0.25, -0.2) is 0 Å². The van der Waals surface area contributed by atoms with Crippen molar-refractivity contribution >= 4 is 55.6 Å². The number of unbranched alkanes of at least 4 members (excludes halogenated alkanes) is 1. The molecule has 0 radical (unpaired) electrons. The Kier molecular flexibility index (Phi) is 37.4. The number of nitrogens with one attached hydrogen (secondary N) is 3. The van der Waals surface area contributed by atoms with Gasteiger partial charge in [-0.15, -0.1) is 0 Å². The number of carbonyl (C=O) groups excluding carboxylic acids is 3. The minimum absolute atomic E-state index is 0.124. The van der Waals surface area contributed by atoms with Crippen molar-refractivity contribution in [2.24, 2.45) is 0 Å². The Balaban J connectivity index is 0.000000496. The third-order valence-corrected chi connectivity index (χ3v) is 13.4. The van der Waals surface area contributed by atoms with Crippen LogP contribution in [0.5, 0.6) is 0 Å². The summed E-state index contributed by atoms with van der Waals surface area (Å²) in [5.74, 6) is -0.188. The van der Waals surface area contributed by atoms with E-state index in [2.05, 4.69) is 53.8 Å². The Morgan fingerprint density at radius 2 is 0.747 bits per heavy atom. The van der Waals surface area contributed by atoms with E-state index in [9.17, 15) is 91.0 Å². The molecule has 0 aliphatic carbocycles. The molecular weight excluding hydrogens is 1130 g/mol. The van der Waals surface area contributed by atoms with Gasteiger partial charge in [-0.3, -0.25) is 14.4 Å². The molecule has 0 saturated carbocycles. The predicted molar refractivity (Wildman–Crippen MR) is 278 cm³/mol. The highest BCUT2D eigenvalue weighted by molar-refractivity contribution is 7.80. The third kappa shape index (κ3) is 23.4. The first-order valence-electron chi connectivity index (χ1n) is 25.5. The van der Waals surface area contributed by atoms with Gasteiger partial charge in [-0.05, 0) is 31.3 Å². The number of amides is 3. The lowest BCUT2D eigenvalue weighted by Crippen LogP contribution is -2.64. The van der Waals surface area contributed by atoms with E-state index < -0.39 is 191 Å². The Morgan fingerprint density at radius 3 is 1.08 bits per heavy atom. The van der Waals surface area contributed by atoms with Gasteiger partial charge in [0.1, 0.15) is 116 Å². The summed E-state index contributed by atoms with van der Waals surface area (Å²) in [4.78, 5) is 33.9. The van der Waals surface area contributed by atoms with Gasteiger partial charge >= 0.3 is 0 Å².